The maximum Gasteiger partial charge on any atom is 0.259 e. The van der Waals surface area contributed by atoms with Gasteiger partial charge in [-0.05, 0) is 50.7 Å². The van der Waals surface area contributed by atoms with Crippen molar-refractivity contribution in [2.24, 2.45) is 5.92 Å². The molecule has 0 bridgehead atoms. The summed E-state index contributed by atoms with van der Waals surface area (Å²) in [6.45, 7) is 5.20. The number of rotatable bonds is 3. The van der Waals surface area contributed by atoms with Crippen molar-refractivity contribution >= 4 is 16.8 Å². The molecule has 0 spiro atoms. The van der Waals surface area contributed by atoms with Crippen LogP contribution in [0.25, 0.3) is 10.9 Å². The quantitative estimate of drug-likeness (QED) is 0.719. The summed E-state index contributed by atoms with van der Waals surface area (Å²) in [6, 6.07) is 10.4. The van der Waals surface area contributed by atoms with Gasteiger partial charge in [0.2, 0.25) is 0 Å². The van der Waals surface area contributed by atoms with Crippen LogP contribution in [0.5, 0.6) is 0 Å². The summed E-state index contributed by atoms with van der Waals surface area (Å²) >= 11 is 0. The summed E-state index contributed by atoms with van der Waals surface area (Å²) in [5, 5.41) is 5.09. The molecular weight excluding hydrogens is 326 g/mol. The normalized spacial score (nSPS) is 17.6. The smallest absolute Gasteiger partial charge is 0.259 e. The number of aromatic nitrogens is 2. The van der Waals surface area contributed by atoms with Gasteiger partial charge < -0.3 is 9.42 Å². The largest absolute Gasteiger partial charge is 0.361 e. The van der Waals surface area contributed by atoms with Crippen LogP contribution in [0.3, 0.4) is 0 Å². The fraction of sp³-hybridized carbons (Fsp3) is 0.381. The molecule has 1 atom stereocenters. The highest BCUT2D eigenvalue weighted by molar-refractivity contribution is 5.96. The van der Waals surface area contributed by atoms with Crippen LogP contribution in [0.1, 0.15) is 40.2 Å². The standard InChI is InChI=1S/C21H23N3O2/c1-14-19(15(2)26-23-14)21(25)24-11-5-6-16(13-24)12-18-8-3-7-17-9-4-10-22-20(17)18/h3-4,7-10,16H,5-6,11-13H2,1-2H3. The van der Waals surface area contributed by atoms with E-state index in [0.717, 1.165) is 37.9 Å². The van der Waals surface area contributed by atoms with Crippen molar-refractivity contribution in [3.63, 3.8) is 0 Å². The van der Waals surface area contributed by atoms with Gasteiger partial charge in [0.25, 0.3) is 5.91 Å². The molecule has 1 aromatic carbocycles. The van der Waals surface area contributed by atoms with Crippen molar-refractivity contribution in [1.29, 1.82) is 0 Å². The first kappa shape index (κ1) is 16.8. The van der Waals surface area contributed by atoms with E-state index in [0.29, 0.717) is 22.9 Å². The molecule has 3 aromatic rings. The van der Waals surface area contributed by atoms with E-state index < -0.39 is 0 Å². The molecule has 3 heterocycles. The highest BCUT2D eigenvalue weighted by Crippen LogP contribution is 2.26. The van der Waals surface area contributed by atoms with Crippen LogP contribution in [0.2, 0.25) is 0 Å². The van der Waals surface area contributed by atoms with Gasteiger partial charge in [-0.15, -0.1) is 0 Å². The predicted molar refractivity (Wildman–Crippen MR) is 100 cm³/mol. The number of hydrogen-bond donors (Lipinski definition) is 0. The molecular formula is C21H23N3O2. The molecule has 4 rings (SSSR count). The van der Waals surface area contributed by atoms with Crippen molar-refractivity contribution in [2.45, 2.75) is 33.1 Å². The number of carbonyl (C=O) groups is 1. The first-order valence-electron chi connectivity index (χ1n) is 9.18. The zero-order valence-corrected chi connectivity index (χ0v) is 15.2. The maximum absolute atomic E-state index is 12.9. The summed E-state index contributed by atoms with van der Waals surface area (Å²) in [5.41, 5.74) is 3.63. The Hall–Kier alpha value is -2.69. The first-order valence-corrected chi connectivity index (χ1v) is 9.18. The number of aryl methyl sites for hydroxylation is 2. The van der Waals surface area contributed by atoms with Crippen LogP contribution in [-0.2, 0) is 6.42 Å². The minimum Gasteiger partial charge on any atom is -0.361 e. The lowest BCUT2D eigenvalue weighted by Gasteiger charge is -2.33. The lowest BCUT2D eigenvalue weighted by molar-refractivity contribution is 0.0671. The van der Waals surface area contributed by atoms with Crippen molar-refractivity contribution in [3.05, 3.63) is 59.1 Å². The number of para-hydroxylation sites is 1. The van der Waals surface area contributed by atoms with E-state index >= 15 is 0 Å². The second kappa shape index (κ2) is 6.90. The third kappa shape index (κ3) is 3.09. The summed E-state index contributed by atoms with van der Waals surface area (Å²) in [7, 11) is 0. The molecule has 26 heavy (non-hydrogen) atoms. The van der Waals surface area contributed by atoms with E-state index in [1.807, 2.05) is 24.1 Å². The molecule has 134 valence electrons. The van der Waals surface area contributed by atoms with E-state index in [4.69, 9.17) is 4.52 Å². The second-order valence-electron chi connectivity index (χ2n) is 7.15. The number of pyridine rings is 1. The molecule has 1 aliphatic rings. The molecule has 5 nitrogen and oxygen atoms in total. The summed E-state index contributed by atoms with van der Waals surface area (Å²) < 4.78 is 5.17. The molecule has 0 saturated carbocycles. The van der Waals surface area contributed by atoms with E-state index in [1.165, 1.54) is 10.9 Å². The Morgan fingerprint density at radius 1 is 1.27 bits per heavy atom. The lowest BCUT2D eigenvalue weighted by Crippen LogP contribution is -2.40. The SMILES string of the molecule is Cc1noc(C)c1C(=O)N1CCCC(Cc2cccc3cccnc23)C1. The highest BCUT2D eigenvalue weighted by Gasteiger charge is 2.28. The fourth-order valence-corrected chi connectivity index (χ4v) is 4.01. The molecule has 0 N–H and O–H groups in total. The van der Waals surface area contributed by atoms with Gasteiger partial charge in [-0.1, -0.05) is 29.4 Å². The topological polar surface area (TPSA) is 59.2 Å². The first-order chi connectivity index (χ1) is 12.6. The summed E-state index contributed by atoms with van der Waals surface area (Å²) in [4.78, 5) is 19.4. The zero-order chi connectivity index (χ0) is 18.1. The Balaban J connectivity index is 1.53. The fourth-order valence-electron chi connectivity index (χ4n) is 4.01. The number of fused-ring (bicyclic) bond motifs is 1. The summed E-state index contributed by atoms with van der Waals surface area (Å²) in [6.07, 6.45) is 4.95. The number of likely N-dealkylation sites (tertiary alicyclic amines) is 1. The number of benzene rings is 1. The molecule has 2 aromatic heterocycles. The van der Waals surface area contributed by atoms with Crippen LogP contribution in [0.4, 0.5) is 0 Å². The van der Waals surface area contributed by atoms with Gasteiger partial charge >= 0.3 is 0 Å². The molecule has 0 radical (unpaired) electrons. The third-order valence-electron chi connectivity index (χ3n) is 5.28. The minimum atomic E-state index is 0.0435. The molecule has 1 amide bonds. The molecule has 0 aliphatic carbocycles. The molecule has 1 saturated heterocycles. The Bertz CT molecular complexity index is 923. The average Bonchev–Trinajstić information content (AvgIpc) is 3.00. The van der Waals surface area contributed by atoms with Crippen LogP contribution in [0.15, 0.2) is 41.1 Å². The molecule has 1 unspecified atom stereocenters. The second-order valence-corrected chi connectivity index (χ2v) is 7.15. The molecule has 5 heteroatoms. The Morgan fingerprint density at radius 3 is 2.92 bits per heavy atom. The molecule has 1 aliphatic heterocycles. The van der Waals surface area contributed by atoms with Crippen molar-refractivity contribution in [2.75, 3.05) is 13.1 Å². The molecule has 1 fully saturated rings. The highest BCUT2D eigenvalue weighted by atomic mass is 16.5. The average molecular weight is 349 g/mol. The van der Waals surface area contributed by atoms with Gasteiger partial charge in [0.1, 0.15) is 11.3 Å². The number of nitrogens with zero attached hydrogens (tertiary/aromatic N) is 3. The van der Waals surface area contributed by atoms with Gasteiger partial charge in [-0.3, -0.25) is 9.78 Å². The van der Waals surface area contributed by atoms with Gasteiger partial charge in [0.15, 0.2) is 0 Å². The van der Waals surface area contributed by atoms with Crippen molar-refractivity contribution < 1.29 is 9.32 Å². The van der Waals surface area contributed by atoms with Gasteiger partial charge in [-0.2, -0.15) is 0 Å². The number of hydrogen-bond acceptors (Lipinski definition) is 4. The van der Waals surface area contributed by atoms with Gasteiger partial charge in [0.05, 0.1) is 11.2 Å². The maximum atomic E-state index is 12.9. The van der Waals surface area contributed by atoms with E-state index in [1.54, 1.807) is 6.92 Å². The Morgan fingerprint density at radius 2 is 2.12 bits per heavy atom. The van der Waals surface area contributed by atoms with E-state index in [9.17, 15) is 4.79 Å². The minimum absolute atomic E-state index is 0.0435. The van der Waals surface area contributed by atoms with E-state index in [-0.39, 0.29) is 5.91 Å². The zero-order valence-electron chi connectivity index (χ0n) is 15.2. The van der Waals surface area contributed by atoms with Crippen molar-refractivity contribution in [3.8, 4) is 0 Å². The third-order valence-corrected chi connectivity index (χ3v) is 5.28. The monoisotopic (exact) mass is 349 g/mol. The van der Waals surface area contributed by atoms with Crippen LogP contribution in [-0.4, -0.2) is 34.0 Å². The van der Waals surface area contributed by atoms with Crippen LogP contribution < -0.4 is 0 Å². The van der Waals surface area contributed by atoms with E-state index in [2.05, 4.69) is 34.4 Å². The predicted octanol–water partition coefficient (Wildman–Crippen LogP) is 3.93. The number of carbonyl (C=O) groups excluding carboxylic acids is 1. The van der Waals surface area contributed by atoms with Gasteiger partial charge in [-0.25, -0.2) is 0 Å². The van der Waals surface area contributed by atoms with Crippen molar-refractivity contribution in [1.82, 2.24) is 15.0 Å². The van der Waals surface area contributed by atoms with Crippen LogP contribution >= 0.6 is 0 Å². The Kier molecular flexibility index (Phi) is 4.45. The van der Waals surface area contributed by atoms with Gasteiger partial charge in [0, 0.05) is 24.7 Å². The Labute approximate surface area is 153 Å². The number of piperidine rings is 1. The lowest BCUT2D eigenvalue weighted by atomic mass is 9.90. The summed E-state index contributed by atoms with van der Waals surface area (Å²) in [5.74, 6) is 1.09. The number of amides is 1. The van der Waals surface area contributed by atoms with Crippen LogP contribution in [0, 0.1) is 19.8 Å².